The Balaban J connectivity index is -0.000000131. The third-order valence-electron chi connectivity index (χ3n) is 19.8. The molecule has 0 aromatic heterocycles. The molecule has 10 atom stereocenters. The molecule has 0 N–H and O–H groups in total. The van der Waals surface area contributed by atoms with Crippen LogP contribution in [0.5, 0.6) is 0 Å². The Morgan fingerprint density at radius 2 is 0.429 bits per heavy atom. The monoisotopic (exact) mass is 2020 g/mol. The van der Waals surface area contributed by atoms with Gasteiger partial charge in [0.2, 0.25) is 0 Å². The zero-order chi connectivity index (χ0) is 86.4. The van der Waals surface area contributed by atoms with Crippen molar-refractivity contribution >= 4 is 175 Å². The van der Waals surface area contributed by atoms with E-state index < -0.39 is 23.9 Å². The summed E-state index contributed by atoms with van der Waals surface area (Å²) in [5, 5.41) is 42.8. The van der Waals surface area contributed by atoms with Crippen LogP contribution in [0.15, 0.2) is 0 Å². The Morgan fingerprint density at radius 3 is 0.554 bits per heavy atom. The van der Waals surface area contributed by atoms with Crippen LogP contribution >= 0.6 is 75.8 Å². The van der Waals surface area contributed by atoms with Crippen molar-refractivity contribution in [1.29, 1.82) is 0 Å². The first-order valence-corrected chi connectivity index (χ1v) is 61.2. The molecule has 0 saturated carbocycles. The zero-order valence-electron chi connectivity index (χ0n) is 75.9. The second-order valence-electron chi connectivity index (χ2n) is 29.9. The van der Waals surface area contributed by atoms with E-state index in [1.54, 1.807) is 26.6 Å². The number of thiol groups is 6. The number of carbonyl (C=O) groups excluding carboxylic acids is 6. The minimum Gasteiger partial charge on any atom is -2.00 e. The Bertz CT molecular complexity index is 1630. The Hall–Kier alpha value is 1.28. The molecule has 0 aliphatic heterocycles. The number of carboxylic acid groups (broad SMARTS) is 4. The van der Waals surface area contributed by atoms with Crippen LogP contribution in [-0.4, -0.2) is 147 Å². The van der Waals surface area contributed by atoms with E-state index >= 15 is 0 Å². The number of carboxylic acids is 4. The van der Waals surface area contributed by atoms with Crippen LogP contribution in [0.2, 0.25) is 26.6 Å². The van der Waals surface area contributed by atoms with E-state index in [9.17, 15) is 49.2 Å². The first-order valence-electron chi connectivity index (χ1n) is 45.2. The minimum absolute atomic E-state index is 0. The van der Waals surface area contributed by atoms with Crippen molar-refractivity contribution in [2.24, 2.45) is 59.2 Å². The zero-order valence-corrected chi connectivity index (χ0v) is 89.8. The molecule has 0 spiro atoms. The number of esters is 2. The van der Waals surface area contributed by atoms with Crippen molar-refractivity contribution in [2.75, 3.05) is 47.7 Å². The third-order valence-corrected chi connectivity index (χ3v) is 34.1. The molecule has 0 aliphatic rings. The first kappa shape index (κ1) is 134. The van der Waals surface area contributed by atoms with Gasteiger partial charge in [0.1, 0.15) is 0 Å². The topological polar surface area (TPSA) is 242 Å². The van der Waals surface area contributed by atoms with Crippen molar-refractivity contribution in [1.82, 2.24) is 0 Å². The van der Waals surface area contributed by atoms with Crippen LogP contribution in [0.1, 0.15) is 394 Å². The molecule has 0 saturated heterocycles. The van der Waals surface area contributed by atoms with Crippen molar-refractivity contribution in [3.8, 4) is 0 Å². The number of rotatable bonds is 66. The van der Waals surface area contributed by atoms with Gasteiger partial charge in [0.05, 0.1) is 26.1 Å². The molecule has 0 amide bonds. The molecule has 22 heteroatoms. The standard InChI is InChI=1S/6C11H22O2S.6C4H9.O.3Sn/c4*1-3-5-6-9(4-2)7-10(8-14)11(12)13;2*1-3-5-6-10(4-2)9-13-11(12)7-8-14;6*1-3-4-2;;;;/h4*9-10,14H,3-8H2,1-2H3,(H,12,13);2*10,14H,3-9H2,1-2H3;6*1,3-4H2,2H3;;;;/q;;;;;;;;;;;;-2;3*+2/p-4. The maximum Gasteiger partial charge on any atom is -2.00 e. The van der Waals surface area contributed by atoms with Crippen LogP contribution in [0, 0.1) is 59.2 Å². The van der Waals surface area contributed by atoms with E-state index in [1.165, 1.54) is 167 Å². The fourth-order valence-electron chi connectivity index (χ4n) is 11.2. The van der Waals surface area contributed by atoms with Gasteiger partial charge < -0.3 is 54.6 Å². The molecule has 13 nitrogen and oxygen atoms in total. The summed E-state index contributed by atoms with van der Waals surface area (Å²) in [6.45, 7) is 40.7. The van der Waals surface area contributed by atoms with E-state index in [-0.39, 0.29) is 105 Å². The van der Waals surface area contributed by atoms with Gasteiger partial charge in [-0.2, -0.15) is 75.8 Å². The number of unbranched alkanes of at least 4 members (excludes halogenated alkanes) is 12. The van der Waals surface area contributed by atoms with Gasteiger partial charge in [-0.25, -0.2) is 0 Å². The Labute approximate surface area is 759 Å². The molecule has 0 radical (unpaired) electrons. The SMILES string of the molecule is CCCCC(CC)CC(CS)C(=O)[O-].CCCCC(CC)CC(CS)C(=O)[O-].CCCCC(CC)CC(CS)C(=O)[O-].CCCCC(CC)CC(CS)C(=O)[O-].CCCCC(CC)COC(=O)CCS.CCCCC(CC)COC(=O)CCS.CCC[CH2][Sn+2][CH2]CCC.CCC[CH2][Sn+2][CH2]CCC.CCC[CH2][Sn+2][CH2]CCC.[O-2]. The van der Waals surface area contributed by atoms with Gasteiger partial charge in [0.15, 0.2) is 0 Å². The van der Waals surface area contributed by atoms with Gasteiger partial charge in [-0.05, 0) is 97.0 Å². The largest absolute Gasteiger partial charge is 2.00 e. The average molecular weight is 2020 g/mol. The number of hydrogen-bond acceptors (Lipinski definition) is 18. The van der Waals surface area contributed by atoms with Gasteiger partial charge in [0.25, 0.3) is 0 Å². The molecule has 0 fully saturated rings. The molecule has 668 valence electrons. The predicted octanol–water partition coefficient (Wildman–Crippen LogP) is 23.0. The summed E-state index contributed by atoms with van der Waals surface area (Å²) >= 11 is 24.6. The summed E-state index contributed by atoms with van der Waals surface area (Å²) in [4.78, 5) is 64.9. The van der Waals surface area contributed by atoms with E-state index in [0.29, 0.717) is 96.1 Å². The second kappa shape index (κ2) is 114. The summed E-state index contributed by atoms with van der Waals surface area (Å²) in [7, 11) is 0. The minimum atomic E-state index is -0.949. The van der Waals surface area contributed by atoms with Crippen LogP contribution in [0.4, 0.5) is 0 Å². The number of ether oxygens (including phenoxy) is 2. The summed E-state index contributed by atoms with van der Waals surface area (Å²) in [5.41, 5.74) is 0. The fraction of sp³-hybridized carbons (Fsp3) is 0.933. The molecular formula is C90H182O13S6Sn3. The molecule has 0 aromatic rings. The average Bonchev–Trinajstić information content (AvgIpc) is 0.959. The van der Waals surface area contributed by atoms with Gasteiger partial charge in [-0.15, -0.1) is 0 Å². The maximum atomic E-state index is 11.1. The summed E-state index contributed by atoms with van der Waals surface area (Å²) in [5.74, 6) is 0.351. The molecule has 0 rings (SSSR count). The van der Waals surface area contributed by atoms with Crippen molar-refractivity contribution in [3.05, 3.63) is 0 Å². The smallest absolute Gasteiger partial charge is 2.00 e. The van der Waals surface area contributed by atoms with Crippen LogP contribution in [-0.2, 0) is 43.7 Å². The number of aliphatic carboxylic acids is 4. The third kappa shape index (κ3) is 109. The van der Waals surface area contributed by atoms with Gasteiger partial charge in [-0.1, -0.05) is 224 Å². The van der Waals surface area contributed by atoms with E-state index in [2.05, 4.69) is 200 Å². The normalized spacial score (nSPS) is 12.9. The summed E-state index contributed by atoms with van der Waals surface area (Å²) in [6, 6.07) is 0. The van der Waals surface area contributed by atoms with Crippen LogP contribution in [0.3, 0.4) is 0 Å². The van der Waals surface area contributed by atoms with Crippen LogP contribution in [0.25, 0.3) is 0 Å². The van der Waals surface area contributed by atoms with Gasteiger partial charge in [-0.3, -0.25) is 9.59 Å². The molecule has 0 aliphatic carbocycles. The van der Waals surface area contributed by atoms with Crippen LogP contribution < -0.4 is 20.4 Å². The predicted molar refractivity (Wildman–Crippen MR) is 503 cm³/mol. The molecule has 0 heterocycles. The van der Waals surface area contributed by atoms with E-state index in [0.717, 1.165) is 89.9 Å². The maximum absolute atomic E-state index is 11.1. The summed E-state index contributed by atoms with van der Waals surface area (Å²) < 4.78 is 20.0. The molecule has 112 heavy (non-hydrogen) atoms. The fourth-order valence-corrected chi connectivity index (χ4v) is 25.3. The van der Waals surface area contributed by atoms with Gasteiger partial charge in [0, 0.05) is 59.1 Å². The van der Waals surface area contributed by atoms with Crippen molar-refractivity contribution < 1.29 is 64.1 Å². The van der Waals surface area contributed by atoms with E-state index in [1.807, 2.05) is 0 Å². The Kier molecular flexibility index (Phi) is 137. The van der Waals surface area contributed by atoms with Crippen molar-refractivity contribution in [2.45, 2.75) is 421 Å². The summed E-state index contributed by atoms with van der Waals surface area (Å²) in [6.07, 6.45) is 48.8. The Morgan fingerprint density at radius 1 is 0.268 bits per heavy atom. The molecular weight excluding hydrogens is 1840 g/mol. The quantitative estimate of drug-likeness (QED) is 0.0144. The van der Waals surface area contributed by atoms with Gasteiger partial charge >= 0.3 is 221 Å². The second-order valence-corrected chi connectivity index (χ2v) is 45.1. The molecule has 0 aromatic carbocycles. The number of hydrogen-bond donors (Lipinski definition) is 6. The van der Waals surface area contributed by atoms with Crippen molar-refractivity contribution in [3.63, 3.8) is 0 Å². The first-order chi connectivity index (χ1) is 53.3. The molecule has 10 unspecified atom stereocenters. The number of carbonyl (C=O) groups is 6. The van der Waals surface area contributed by atoms with E-state index in [4.69, 9.17) is 9.47 Å². The molecule has 0 bridgehead atoms.